The molecule has 1 heteroatoms. The Hall–Kier alpha value is -0.590. The fraction of sp³-hybridized carbons (Fsp3) is 0.824. The molecule has 0 heterocycles. The summed E-state index contributed by atoms with van der Waals surface area (Å²) in [5.41, 5.74) is 2.33. The first-order valence-corrected chi connectivity index (χ1v) is 7.59. The average molecular weight is 246 g/mol. The lowest BCUT2D eigenvalue weighted by Crippen LogP contribution is -2.28. The normalized spacial score (nSPS) is 47.3. The summed E-state index contributed by atoms with van der Waals surface area (Å²) in [5, 5.41) is 0. The lowest BCUT2D eigenvalue weighted by atomic mass is 9.68. The van der Waals surface area contributed by atoms with E-state index in [0.29, 0.717) is 16.7 Å². The molecule has 100 valence electrons. The quantitative estimate of drug-likeness (QED) is 0.628. The minimum Gasteiger partial charge on any atom is -0.295 e. The monoisotopic (exact) mass is 246 g/mol. The van der Waals surface area contributed by atoms with Gasteiger partial charge in [-0.2, -0.15) is 0 Å². The Kier molecular flexibility index (Phi) is 2.56. The van der Waals surface area contributed by atoms with Crippen LogP contribution in [0.25, 0.3) is 0 Å². The standard InChI is InChI=1S/C17H26O/c1-11(18)10-14-12-6-7-13-15(12)16(2,3)8-5-9-17(13,14)4/h10,12-13,15H,5-9H2,1-4H3/t12-,13-,15+,17+/m0/s1. The lowest BCUT2D eigenvalue weighted by molar-refractivity contribution is -0.112. The van der Waals surface area contributed by atoms with Crippen molar-refractivity contribution in [3.63, 3.8) is 0 Å². The van der Waals surface area contributed by atoms with Crippen LogP contribution in [0, 0.1) is 28.6 Å². The first kappa shape index (κ1) is 12.4. The number of ketones is 1. The van der Waals surface area contributed by atoms with Crippen molar-refractivity contribution < 1.29 is 4.79 Å². The smallest absolute Gasteiger partial charge is 0.152 e. The largest absolute Gasteiger partial charge is 0.295 e. The molecule has 0 saturated heterocycles. The van der Waals surface area contributed by atoms with E-state index in [9.17, 15) is 4.79 Å². The highest BCUT2D eigenvalue weighted by molar-refractivity contribution is 5.88. The fourth-order valence-corrected chi connectivity index (χ4v) is 5.69. The molecule has 0 aromatic carbocycles. The van der Waals surface area contributed by atoms with E-state index in [1.165, 1.54) is 37.7 Å². The van der Waals surface area contributed by atoms with E-state index >= 15 is 0 Å². The Morgan fingerprint density at radius 2 is 1.94 bits per heavy atom. The summed E-state index contributed by atoms with van der Waals surface area (Å²) in [6.45, 7) is 9.09. The summed E-state index contributed by atoms with van der Waals surface area (Å²) in [6.07, 6.45) is 8.72. The van der Waals surface area contributed by atoms with Crippen LogP contribution in [0.3, 0.4) is 0 Å². The number of carbonyl (C=O) groups is 1. The predicted molar refractivity (Wildman–Crippen MR) is 74.2 cm³/mol. The van der Waals surface area contributed by atoms with Crippen LogP contribution in [0.2, 0.25) is 0 Å². The van der Waals surface area contributed by atoms with Crippen LogP contribution < -0.4 is 0 Å². The van der Waals surface area contributed by atoms with Gasteiger partial charge in [-0.3, -0.25) is 4.79 Å². The van der Waals surface area contributed by atoms with Crippen LogP contribution in [0.15, 0.2) is 11.6 Å². The Bertz CT molecular complexity index is 417. The maximum atomic E-state index is 11.6. The van der Waals surface area contributed by atoms with E-state index < -0.39 is 0 Å². The summed E-state index contributed by atoms with van der Waals surface area (Å²) in [6, 6.07) is 0. The molecule has 0 spiro atoms. The number of hydrogen-bond acceptors (Lipinski definition) is 1. The van der Waals surface area contributed by atoms with Gasteiger partial charge in [-0.15, -0.1) is 0 Å². The molecule has 0 N–H and O–H groups in total. The molecule has 3 rings (SSSR count). The Morgan fingerprint density at radius 1 is 1.22 bits per heavy atom. The van der Waals surface area contributed by atoms with E-state index in [1.807, 2.05) is 6.08 Å². The molecule has 0 aromatic heterocycles. The van der Waals surface area contributed by atoms with Crippen molar-refractivity contribution in [1.29, 1.82) is 0 Å². The highest BCUT2D eigenvalue weighted by Crippen LogP contribution is 2.70. The maximum Gasteiger partial charge on any atom is 0.152 e. The highest BCUT2D eigenvalue weighted by atomic mass is 16.1. The third kappa shape index (κ3) is 1.49. The molecular weight excluding hydrogens is 220 g/mol. The van der Waals surface area contributed by atoms with Gasteiger partial charge >= 0.3 is 0 Å². The first-order valence-electron chi connectivity index (χ1n) is 7.59. The number of allylic oxidation sites excluding steroid dienone is 2. The SMILES string of the molecule is CC(=O)C=C1[C@@H]2CC[C@H]3[C@@H]2C(C)(C)CCC[C@@]13C. The van der Waals surface area contributed by atoms with Crippen LogP contribution in [-0.2, 0) is 4.79 Å². The third-order valence-electron chi connectivity index (χ3n) is 6.31. The van der Waals surface area contributed by atoms with Crippen molar-refractivity contribution in [1.82, 2.24) is 0 Å². The number of carbonyl (C=O) groups excluding carboxylic acids is 1. The van der Waals surface area contributed by atoms with Crippen molar-refractivity contribution in [2.75, 3.05) is 0 Å². The van der Waals surface area contributed by atoms with Crippen molar-refractivity contribution in [2.24, 2.45) is 28.6 Å². The van der Waals surface area contributed by atoms with Crippen LogP contribution >= 0.6 is 0 Å². The second kappa shape index (κ2) is 3.71. The molecule has 0 aliphatic heterocycles. The number of hydrogen-bond donors (Lipinski definition) is 0. The molecule has 4 atom stereocenters. The molecule has 18 heavy (non-hydrogen) atoms. The van der Waals surface area contributed by atoms with Crippen molar-refractivity contribution in [2.45, 2.75) is 59.8 Å². The predicted octanol–water partition coefficient (Wildman–Crippen LogP) is 4.37. The van der Waals surface area contributed by atoms with E-state index in [-0.39, 0.29) is 5.78 Å². The Morgan fingerprint density at radius 3 is 2.61 bits per heavy atom. The molecule has 3 aliphatic carbocycles. The summed E-state index contributed by atoms with van der Waals surface area (Å²) in [5.74, 6) is 2.63. The lowest BCUT2D eigenvalue weighted by Gasteiger charge is -2.36. The van der Waals surface area contributed by atoms with Gasteiger partial charge in [0.15, 0.2) is 5.78 Å². The van der Waals surface area contributed by atoms with E-state index in [1.54, 1.807) is 6.92 Å². The number of rotatable bonds is 1. The van der Waals surface area contributed by atoms with Crippen LogP contribution in [0.4, 0.5) is 0 Å². The van der Waals surface area contributed by atoms with Gasteiger partial charge in [-0.05, 0) is 67.3 Å². The second-order valence-electron chi connectivity index (χ2n) is 7.79. The van der Waals surface area contributed by atoms with Crippen molar-refractivity contribution >= 4 is 5.78 Å². The van der Waals surface area contributed by atoms with Gasteiger partial charge in [0.2, 0.25) is 0 Å². The molecule has 1 nitrogen and oxygen atoms in total. The molecule has 0 amide bonds. The van der Waals surface area contributed by atoms with Crippen LogP contribution in [-0.4, -0.2) is 5.78 Å². The van der Waals surface area contributed by atoms with Gasteiger partial charge in [0, 0.05) is 0 Å². The first-order chi connectivity index (χ1) is 8.36. The summed E-state index contributed by atoms with van der Waals surface area (Å²) in [7, 11) is 0. The third-order valence-corrected chi connectivity index (χ3v) is 6.31. The zero-order chi connectivity index (χ0) is 13.1. The van der Waals surface area contributed by atoms with Crippen molar-refractivity contribution in [3.8, 4) is 0 Å². The van der Waals surface area contributed by atoms with Gasteiger partial charge in [0.05, 0.1) is 0 Å². The topological polar surface area (TPSA) is 17.1 Å². The zero-order valence-electron chi connectivity index (χ0n) is 12.3. The van der Waals surface area contributed by atoms with Gasteiger partial charge in [0.25, 0.3) is 0 Å². The van der Waals surface area contributed by atoms with E-state index in [2.05, 4.69) is 20.8 Å². The average Bonchev–Trinajstić information content (AvgIpc) is 2.73. The molecule has 0 unspecified atom stereocenters. The van der Waals surface area contributed by atoms with E-state index in [0.717, 1.165) is 11.8 Å². The van der Waals surface area contributed by atoms with Crippen LogP contribution in [0.1, 0.15) is 59.8 Å². The molecule has 4 bridgehead atoms. The Labute approximate surface area is 111 Å². The second-order valence-corrected chi connectivity index (χ2v) is 7.79. The molecular formula is C17H26O. The summed E-state index contributed by atoms with van der Waals surface area (Å²) < 4.78 is 0. The molecule has 3 fully saturated rings. The fourth-order valence-electron chi connectivity index (χ4n) is 5.69. The molecule has 0 aromatic rings. The minimum atomic E-state index is 0.251. The highest BCUT2D eigenvalue weighted by Gasteiger charge is 2.62. The minimum absolute atomic E-state index is 0.251. The zero-order valence-corrected chi connectivity index (χ0v) is 12.3. The van der Waals surface area contributed by atoms with Gasteiger partial charge in [0.1, 0.15) is 0 Å². The summed E-state index contributed by atoms with van der Waals surface area (Å²) in [4.78, 5) is 11.6. The van der Waals surface area contributed by atoms with Crippen LogP contribution in [0.5, 0.6) is 0 Å². The van der Waals surface area contributed by atoms with Crippen molar-refractivity contribution in [3.05, 3.63) is 11.6 Å². The summed E-state index contributed by atoms with van der Waals surface area (Å²) >= 11 is 0. The van der Waals surface area contributed by atoms with E-state index in [4.69, 9.17) is 0 Å². The molecule has 3 aliphatic rings. The molecule has 3 saturated carbocycles. The molecule has 0 radical (unpaired) electrons. The van der Waals surface area contributed by atoms with Gasteiger partial charge < -0.3 is 0 Å². The maximum absolute atomic E-state index is 11.6. The van der Waals surface area contributed by atoms with Gasteiger partial charge in [-0.25, -0.2) is 0 Å². The van der Waals surface area contributed by atoms with Gasteiger partial charge in [-0.1, -0.05) is 32.8 Å². The Balaban J connectivity index is 2.10.